The first-order chi connectivity index (χ1) is 17.2. The number of carbonyl (C=O) groups is 2. The summed E-state index contributed by atoms with van der Waals surface area (Å²) >= 11 is 0. The Bertz CT molecular complexity index is 1460. The van der Waals surface area contributed by atoms with Gasteiger partial charge in [0.15, 0.2) is 0 Å². The van der Waals surface area contributed by atoms with Crippen LogP contribution in [0.2, 0.25) is 0 Å². The second kappa shape index (κ2) is 9.15. The molecular weight excluding hydrogens is 446 g/mol. The summed E-state index contributed by atoms with van der Waals surface area (Å²) in [6, 6.07) is 27.0. The zero-order valence-corrected chi connectivity index (χ0v) is 21.2. The Hall–Kier alpha value is -4.12. The first-order valence-electron chi connectivity index (χ1n) is 12.3. The Balaban J connectivity index is 1.73. The number of fused-ring (bicyclic) bond motifs is 3. The molecule has 1 N–H and O–H groups in total. The van der Waals surface area contributed by atoms with Crippen molar-refractivity contribution in [3.05, 3.63) is 113 Å². The molecule has 3 aromatic carbocycles. The minimum atomic E-state index is -0.767. The van der Waals surface area contributed by atoms with Crippen molar-refractivity contribution in [3.63, 3.8) is 0 Å². The molecule has 0 saturated heterocycles. The van der Waals surface area contributed by atoms with Crippen molar-refractivity contribution in [2.75, 3.05) is 0 Å². The second-order valence-electron chi connectivity index (χ2n) is 10.3. The number of hydrogen-bond acceptors (Lipinski definition) is 2. The summed E-state index contributed by atoms with van der Waals surface area (Å²) in [7, 11) is 2.04. The summed E-state index contributed by atoms with van der Waals surface area (Å²) in [6.07, 6.45) is 1.69. The van der Waals surface area contributed by atoms with E-state index in [-0.39, 0.29) is 11.8 Å². The average Bonchev–Trinajstić information content (AvgIpc) is 3.03. The minimum absolute atomic E-state index is 0.188. The molecule has 0 saturated carbocycles. The molecule has 1 aliphatic rings. The van der Waals surface area contributed by atoms with Crippen LogP contribution in [0.1, 0.15) is 49.2 Å². The largest absolute Gasteiger partial charge is 0.349 e. The number of rotatable bonds is 4. The van der Waals surface area contributed by atoms with Crippen LogP contribution in [0.5, 0.6) is 0 Å². The number of aryl methyl sites for hydroxylation is 1. The van der Waals surface area contributed by atoms with E-state index in [2.05, 4.69) is 22.0 Å². The SMILES string of the molecule is Cn1c2c(c3ccccc31)CN(C(C(=O)NC(C)(C)C)c1ccccc1)C(=O)C=C2c1ccccc1. The molecule has 0 radical (unpaired) electrons. The van der Waals surface area contributed by atoms with Gasteiger partial charge in [0.25, 0.3) is 0 Å². The van der Waals surface area contributed by atoms with Gasteiger partial charge >= 0.3 is 0 Å². The Morgan fingerprint density at radius 1 is 0.889 bits per heavy atom. The topological polar surface area (TPSA) is 54.3 Å². The number of amides is 2. The summed E-state index contributed by atoms with van der Waals surface area (Å²) in [5.74, 6) is -0.382. The Labute approximate surface area is 212 Å². The van der Waals surface area contributed by atoms with Gasteiger partial charge in [0, 0.05) is 47.2 Å². The van der Waals surface area contributed by atoms with E-state index in [9.17, 15) is 9.59 Å². The van der Waals surface area contributed by atoms with E-state index >= 15 is 0 Å². The van der Waals surface area contributed by atoms with E-state index in [1.165, 1.54) is 0 Å². The van der Waals surface area contributed by atoms with Crippen LogP contribution in [0.25, 0.3) is 16.5 Å². The Morgan fingerprint density at radius 2 is 1.50 bits per heavy atom. The van der Waals surface area contributed by atoms with Gasteiger partial charge < -0.3 is 14.8 Å². The van der Waals surface area contributed by atoms with Gasteiger partial charge in [-0.1, -0.05) is 78.9 Å². The highest BCUT2D eigenvalue weighted by molar-refractivity contribution is 6.05. The highest BCUT2D eigenvalue weighted by Gasteiger charge is 2.36. The highest BCUT2D eigenvalue weighted by atomic mass is 16.2. The number of benzene rings is 3. The zero-order valence-electron chi connectivity index (χ0n) is 21.2. The highest BCUT2D eigenvalue weighted by Crippen LogP contribution is 2.38. The summed E-state index contributed by atoms with van der Waals surface area (Å²) in [4.78, 5) is 29.4. The van der Waals surface area contributed by atoms with E-state index in [0.29, 0.717) is 6.54 Å². The molecule has 1 unspecified atom stereocenters. The van der Waals surface area contributed by atoms with Crippen LogP contribution in [0.4, 0.5) is 0 Å². The Kier molecular flexibility index (Phi) is 6.00. The van der Waals surface area contributed by atoms with Crippen LogP contribution in [-0.2, 0) is 23.2 Å². The first kappa shape index (κ1) is 23.6. The van der Waals surface area contributed by atoms with E-state index in [4.69, 9.17) is 0 Å². The van der Waals surface area contributed by atoms with E-state index in [1.54, 1.807) is 11.0 Å². The third kappa shape index (κ3) is 4.33. The fraction of sp³-hybridized carbons (Fsp3) is 0.226. The van der Waals surface area contributed by atoms with Gasteiger partial charge in [-0.15, -0.1) is 0 Å². The quantitative estimate of drug-likeness (QED) is 0.416. The normalized spacial score (nSPS) is 14.7. The van der Waals surface area contributed by atoms with Crippen molar-refractivity contribution in [1.29, 1.82) is 0 Å². The fourth-order valence-electron chi connectivity index (χ4n) is 5.10. The molecular formula is C31H31N3O2. The number of hydrogen-bond donors (Lipinski definition) is 1. The predicted molar refractivity (Wildman–Crippen MR) is 144 cm³/mol. The molecule has 1 atom stereocenters. The Morgan fingerprint density at radius 3 is 2.17 bits per heavy atom. The van der Waals surface area contributed by atoms with Gasteiger partial charge in [0.1, 0.15) is 6.04 Å². The molecule has 182 valence electrons. The van der Waals surface area contributed by atoms with Gasteiger partial charge in [0.2, 0.25) is 11.8 Å². The molecule has 5 nitrogen and oxygen atoms in total. The lowest BCUT2D eigenvalue weighted by atomic mass is 9.99. The van der Waals surface area contributed by atoms with Crippen LogP contribution in [0.15, 0.2) is 91.0 Å². The van der Waals surface area contributed by atoms with Crippen LogP contribution in [-0.4, -0.2) is 26.8 Å². The summed E-state index contributed by atoms with van der Waals surface area (Å²) in [5.41, 5.74) is 5.31. The maximum atomic E-state index is 14.0. The number of nitrogens with zero attached hydrogens (tertiary/aromatic N) is 2. The number of aromatic nitrogens is 1. The van der Waals surface area contributed by atoms with Crippen molar-refractivity contribution < 1.29 is 9.59 Å². The van der Waals surface area contributed by atoms with Gasteiger partial charge in [-0.3, -0.25) is 9.59 Å². The molecule has 5 heteroatoms. The lowest BCUT2D eigenvalue weighted by Crippen LogP contribution is -2.48. The van der Waals surface area contributed by atoms with Crippen molar-refractivity contribution in [1.82, 2.24) is 14.8 Å². The van der Waals surface area contributed by atoms with Crippen molar-refractivity contribution in [2.24, 2.45) is 7.05 Å². The summed E-state index contributed by atoms with van der Waals surface area (Å²) in [6.45, 7) is 6.17. The molecule has 2 amide bonds. The van der Waals surface area contributed by atoms with Gasteiger partial charge in [-0.25, -0.2) is 0 Å². The molecule has 1 aliphatic heterocycles. The standard InChI is InChI=1S/C31H31N3O2/c1-31(2,3)32-30(36)28(22-15-9-6-10-16-22)34-20-25-23-17-11-12-18-26(23)33(4)29(25)24(19-27(34)35)21-13-7-5-8-14-21/h5-19,28H,20H2,1-4H3,(H,32,36). The van der Waals surface area contributed by atoms with Crippen LogP contribution < -0.4 is 5.32 Å². The molecule has 2 heterocycles. The third-order valence-corrected chi connectivity index (χ3v) is 6.60. The van der Waals surface area contributed by atoms with Gasteiger partial charge in [-0.2, -0.15) is 0 Å². The maximum absolute atomic E-state index is 14.0. The third-order valence-electron chi connectivity index (χ3n) is 6.60. The average molecular weight is 478 g/mol. The fourth-order valence-corrected chi connectivity index (χ4v) is 5.10. The monoisotopic (exact) mass is 477 g/mol. The number of carbonyl (C=O) groups excluding carboxylic acids is 2. The summed E-state index contributed by atoms with van der Waals surface area (Å²) in [5, 5.41) is 4.19. The lowest BCUT2D eigenvalue weighted by Gasteiger charge is -2.32. The molecule has 36 heavy (non-hydrogen) atoms. The molecule has 1 aromatic heterocycles. The molecule has 0 aliphatic carbocycles. The van der Waals surface area contributed by atoms with Crippen LogP contribution >= 0.6 is 0 Å². The van der Waals surface area contributed by atoms with Gasteiger partial charge in [-0.05, 0) is 38.0 Å². The molecule has 0 fully saturated rings. The first-order valence-corrected chi connectivity index (χ1v) is 12.3. The van der Waals surface area contributed by atoms with Crippen molar-refractivity contribution in [3.8, 4) is 0 Å². The zero-order chi connectivity index (χ0) is 25.4. The lowest BCUT2D eigenvalue weighted by molar-refractivity contribution is -0.138. The number of para-hydroxylation sites is 1. The van der Waals surface area contributed by atoms with E-state index < -0.39 is 11.6 Å². The van der Waals surface area contributed by atoms with E-state index in [1.807, 2.05) is 101 Å². The second-order valence-corrected chi connectivity index (χ2v) is 10.3. The predicted octanol–water partition coefficient (Wildman–Crippen LogP) is 5.61. The van der Waals surface area contributed by atoms with E-state index in [0.717, 1.165) is 38.9 Å². The molecule has 0 bridgehead atoms. The van der Waals surface area contributed by atoms with Crippen LogP contribution in [0.3, 0.4) is 0 Å². The maximum Gasteiger partial charge on any atom is 0.248 e. The molecule has 0 spiro atoms. The minimum Gasteiger partial charge on any atom is -0.349 e. The summed E-state index contributed by atoms with van der Waals surface area (Å²) < 4.78 is 2.16. The molecule has 5 rings (SSSR count). The smallest absolute Gasteiger partial charge is 0.248 e. The van der Waals surface area contributed by atoms with Crippen molar-refractivity contribution in [2.45, 2.75) is 38.9 Å². The number of nitrogens with one attached hydrogen (secondary N) is 1. The van der Waals surface area contributed by atoms with Gasteiger partial charge in [0.05, 0.1) is 5.69 Å². The van der Waals surface area contributed by atoms with Crippen molar-refractivity contribution >= 4 is 28.3 Å². The molecule has 4 aromatic rings. The van der Waals surface area contributed by atoms with Crippen LogP contribution in [0, 0.1) is 0 Å².